The first-order valence-corrected chi connectivity index (χ1v) is 10.2. The molecule has 3 aromatic rings. The maximum Gasteiger partial charge on any atom is 0.319 e. The van der Waals surface area contributed by atoms with Crippen molar-refractivity contribution in [3.63, 3.8) is 0 Å². The summed E-state index contributed by atoms with van der Waals surface area (Å²) in [7, 11) is 1.51. The highest BCUT2D eigenvalue weighted by Crippen LogP contribution is 2.27. The Morgan fingerprint density at radius 2 is 1.76 bits per heavy atom. The number of carboxylic acids is 1. The van der Waals surface area contributed by atoms with Crippen molar-refractivity contribution in [1.82, 2.24) is 9.88 Å². The fourth-order valence-electron chi connectivity index (χ4n) is 3.19. The molecule has 3 rings (SSSR count). The van der Waals surface area contributed by atoms with E-state index >= 15 is 0 Å². The van der Waals surface area contributed by atoms with Crippen molar-refractivity contribution in [2.45, 2.75) is 26.3 Å². The number of carbonyl (C=O) groups is 2. The SMILES string of the molecule is Cc1ccc(Oc2cccc([C@H](CC(=O)O)NC(=O)Nc3c(O)cc(C)n(C)c3=O)c2)cc1. The zero-order valence-electron chi connectivity index (χ0n) is 18.5. The van der Waals surface area contributed by atoms with Crippen LogP contribution in [0.5, 0.6) is 17.2 Å². The molecule has 0 fully saturated rings. The fourth-order valence-corrected chi connectivity index (χ4v) is 3.19. The van der Waals surface area contributed by atoms with Crippen LogP contribution in [0.3, 0.4) is 0 Å². The summed E-state index contributed by atoms with van der Waals surface area (Å²) in [6, 6.07) is 13.7. The monoisotopic (exact) mass is 451 g/mol. The minimum absolute atomic E-state index is 0.300. The maximum absolute atomic E-state index is 12.6. The van der Waals surface area contributed by atoms with Gasteiger partial charge < -0.3 is 30.2 Å². The van der Waals surface area contributed by atoms with Crippen molar-refractivity contribution in [2.24, 2.45) is 7.05 Å². The molecular weight excluding hydrogens is 426 g/mol. The Kier molecular flexibility index (Phi) is 7.02. The number of nitrogens with one attached hydrogen (secondary N) is 2. The molecule has 0 saturated heterocycles. The van der Waals surface area contributed by atoms with Crippen LogP contribution in [0.4, 0.5) is 10.5 Å². The largest absolute Gasteiger partial charge is 0.505 e. The Balaban J connectivity index is 1.81. The quantitative estimate of drug-likeness (QED) is 0.432. The van der Waals surface area contributed by atoms with Crippen molar-refractivity contribution in [3.05, 3.63) is 81.8 Å². The number of carbonyl (C=O) groups excluding carboxylic acids is 1. The highest BCUT2D eigenvalue weighted by atomic mass is 16.5. The van der Waals surface area contributed by atoms with Crippen LogP contribution >= 0.6 is 0 Å². The zero-order chi connectivity index (χ0) is 24.1. The van der Waals surface area contributed by atoms with E-state index < -0.39 is 30.0 Å². The number of nitrogens with zero attached hydrogens (tertiary/aromatic N) is 1. The van der Waals surface area contributed by atoms with Gasteiger partial charge in [0, 0.05) is 18.8 Å². The van der Waals surface area contributed by atoms with Crippen LogP contribution in [0.2, 0.25) is 0 Å². The van der Waals surface area contributed by atoms with E-state index in [0.717, 1.165) is 5.56 Å². The summed E-state index contributed by atoms with van der Waals surface area (Å²) < 4.78 is 7.11. The highest BCUT2D eigenvalue weighted by Gasteiger charge is 2.21. The van der Waals surface area contributed by atoms with Crippen molar-refractivity contribution < 1.29 is 24.5 Å². The summed E-state index contributed by atoms with van der Waals surface area (Å²) in [6.45, 7) is 3.60. The number of urea groups is 1. The summed E-state index contributed by atoms with van der Waals surface area (Å²) in [5, 5.41) is 24.3. The molecule has 4 N–H and O–H groups in total. The molecule has 0 aliphatic carbocycles. The van der Waals surface area contributed by atoms with E-state index in [1.54, 1.807) is 31.2 Å². The Hall–Kier alpha value is -4.27. The van der Waals surface area contributed by atoms with Crippen molar-refractivity contribution in [1.29, 1.82) is 0 Å². The number of anilines is 1. The lowest BCUT2D eigenvalue weighted by molar-refractivity contribution is -0.137. The van der Waals surface area contributed by atoms with Gasteiger partial charge in [0.2, 0.25) is 0 Å². The van der Waals surface area contributed by atoms with E-state index in [1.807, 2.05) is 31.2 Å². The predicted octanol–water partition coefficient (Wildman–Crippen LogP) is 3.84. The first-order valence-electron chi connectivity index (χ1n) is 10.2. The maximum atomic E-state index is 12.6. The van der Waals surface area contributed by atoms with Crippen molar-refractivity contribution in [2.75, 3.05) is 5.32 Å². The Morgan fingerprint density at radius 1 is 1.06 bits per heavy atom. The van der Waals surface area contributed by atoms with E-state index in [2.05, 4.69) is 10.6 Å². The number of carboxylic acid groups (broad SMARTS) is 1. The third-order valence-corrected chi connectivity index (χ3v) is 5.09. The predicted molar refractivity (Wildman–Crippen MR) is 123 cm³/mol. The molecule has 0 aliphatic rings. The number of aliphatic carboxylic acids is 1. The van der Waals surface area contributed by atoms with Gasteiger partial charge in [-0.3, -0.25) is 9.59 Å². The van der Waals surface area contributed by atoms with E-state index in [0.29, 0.717) is 22.8 Å². The van der Waals surface area contributed by atoms with Crippen LogP contribution in [-0.4, -0.2) is 26.8 Å². The number of rotatable bonds is 7. The first kappa shape index (κ1) is 23.4. The molecule has 33 heavy (non-hydrogen) atoms. The lowest BCUT2D eigenvalue weighted by Gasteiger charge is -2.19. The van der Waals surface area contributed by atoms with Gasteiger partial charge >= 0.3 is 12.0 Å². The molecule has 1 aromatic heterocycles. The van der Waals surface area contributed by atoms with Gasteiger partial charge in [-0.15, -0.1) is 0 Å². The molecule has 2 aromatic carbocycles. The highest BCUT2D eigenvalue weighted by molar-refractivity contribution is 5.91. The molecule has 9 nitrogen and oxygen atoms in total. The van der Waals surface area contributed by atoms with Crippen molar-refractivity contribution in [3.8, 4) is 17.2 Å². The third-order valence-electron chi connectivity index (χ3n) is 5.09. The topological polar surface area (TPSA) is 130 Å². The summed E-state index contributed by atoms with van der Waals surface area (Å²) in [4.78, 5) is 36.4. The van der Waals surface area contributed by atoms with Crippen LogP contribution in [0.1, 0.15) is 29.3 Å². The van der Waals surface area contributed by atoms with Gasteiger partial charge in [-0.05, 0) is 43.7 Å². The van der Waals surface area contributed by atoms with Crippen LogP contribution < -0.4 is 20.9 Å². The average molecular weight is 451 g/mol. The van der Waals surface area contributed by atoms with Crippen LogP contribution in [0, 0.1) is 13.8 Å². The summed E-state index contributed by atoms with van der Waals surface area (Å²) in [5.41, 5.74) is 1.20. The van der Waals surface area contributed by atoms with E-state index in [1.165, 1.54) is 17.7 Å². The fraction of sp³-hybridized carbons (Fsp3) is 0.208. The molecule has 9 heteroatoms. The van der Waals surface area contributed by atoms with Crippen molar-refractivity contribution >= 4 is 17.7 Å². The molecule has 0 spiro atoms. The number of aromatic nitrogens is 1. The van der Waals surface area contributed by atoms with Crippen LogP contribution in [-0.2, 0) is 11.8 Å². The van der Waals surface area contributed by atoms with E-state index in [9.17, 15) is 24.6 Å². The standard InChI is InChI=1S/C24H25N3O6/c1-14-7-9-17(10-8-14)33-18-6-4-5-16(12-18)19(13-21(29)30)25-24(32)26-22-20(28)11-15(2)27(3)23(22)31/h4-12,19,28H,13H2,1-3H3,(H,29,30)(H2,25,26,32)/t19-/m0/s1. The number of pyridine rings is 1. The molecule has 1 atom stereocenters. The third kappa shape index (κ3) is 5.91. The molecule has 2 amide bonds. The van der Waals surface area contributed by atoms with Gasteiger partial charge in [-0.25, -0.2) is 4.79 Å². The Bertz CT molecular complexity index is 1230. The number of hydrogen-bond acceptors (Lipinski definition) is 5. The second kappa shape index (κ2) is 9.90. The van der Waals surface area contributed by atoms with Crippen LogP contribution in [0.25, 0.3) is 0 Å². The summed E-state index contributed by atoms with van der Waals surface area (Å²) >= 11 is 0. The second-order valence-electron chi connectivity index (χ2n) is 7.65. The molecule has 172 valence electrons. The number of amides is 2. The lowest BCUT2D eigenvalue weighted by atomic mass is 10.0. The number of aryl methyl sites for hydroxylation is 2. The lowest BCUT2D eigenvalue weighted by Crippen LogP contribution is -2.36. The second-order valence-corrected chi connectivity index (χ2v) is 7.65. The number of benzene rings is 2. The average Bonchev–Trinajstić information content (AvgIpc) is 2.76. The number of aromatic hydroxyl groups is 1. The first-order chi connectivity index (χ1) is 15.6. The van der Waals surface area contributed by atoms with Crippen LogP contribution in [0.15, 0.2) is 59.4 Å². The summed E-state index contributed by atoms with van der Waals surface area (Å²) in [5.74, 6) is -0.420. The van der Waals surface area contributed by atoms with Gasteiger partial charge in [0.1, 0.15) is 17.2 Å². The van der Waals surface area contributed by atoms with Gasteiger partial charge in [-0.1, -0.05) is 29.8 Å². The molecular formula is C24H25N3O6. The van der Waals surface area contributed by atoms with E-state index in [-0.39, 0.29) is 11.4 Å². The molecule has 0 aliphatic heterocycles. The summed E-state index contributed by atoms with van der Waals surface area (Å²) in [6.07, 6.45) is -0.403. The van der Waals surface area contributed by atoms with E-state index in [4.69, 9.17) is 4.74 Å². The van der Waals surface area contributed by atoms with Gasteiger partial charge in [0.15, 0.2) is 5.69 Å². The Labute approximate surface area is 190 Å². The molecule has 0 radical (unpaired) electrons. The number of hydrogen-bond donors (Lipinski definition) is 4. The molecule has 1 heterocycles. The minimum Gasteiger partial charge on any atom is -0.505 e. The number of ether oxygens (including phenoxy) is 1. The smallest absolute Gasteiger partial charge is 0.319 e. The molecule has 0 unspecified atom stereocenters. The Morgan fingerprint density at radius 3 is 2.42 bits per heavy atom. The normalized spacial score (nSPS) is 11.5. The van der Waals surface area contributed by atoms with Gasteiger partial charge in [-0.2, -0.15) is 0 Å². The minimum atomic E-state index is -1.13. The van der Waals surface area contributed by atoms with Gasteiger partial charge in [0.25, 0.3) is 5.56 Å². The molecule has 0 bridgehead atoms. The molecule has 0 saturated carbocycles. The zero-order valence-corrected chi connectivity index (χ0v) is 18.5. The van der Waals surface area contributed by atoms with Gasteiger partial charge in [0.05, 0.1) is 12.5 Å².